The van der Waals surface area contributed by atoms with Crippen LogP contribution in [-0.2, 0) is 16.0 Å². The number of likely N-dealkylation sites (tertiary alicyclic amines) is 1. The van der Waals surface area contributed by atoms with Crippen molar-refractivity contribution >= 4 is 5.91 Å². The van der Waals surface area contributed by atoms with Gasteiger partial charge in [0.15, 0.2) is 0 Å². The molecule has 0 unspecified atom stereocenters. The van der Waals surface area contributed by atoms with Crippen LogP contribution >= 0.6 is 0 Å². The maximum Gasteiger partial charge on any atom is 0.223 e. The zero-order chi connectivity index (χ0) is 20.0. The largest absolute Gasteiger partial charge is 0.388 e. The monoisotopic (exact) mass is 391 g/mol. The van der Waals surface area contributed by atoms with Crippen LogP contribution in [0.2, 0.25) is 0 Å². The van der Waals surface area contributed by atoms with Crippen molar-refractivity contribution in [3.05, 3.63) is 35.9 Å². The van der Waals surface area contributed by atoms with Crippen molar-refractivity contribution in [2.45, 2.75) is 24.5 Å². The van der Waals surface area contributed by atoms with Gasteiger partial charge in [0.25, 0.3) is 0 Å². The second-order valence-electron chi connectivity index (χ2n) is 7.99. The van der Waals surface area contributed by atoms with Gasteiger partial charge in [0.05, 0.1) is 13.2 Å². The summed E-state index contributed by atoms with van der Waals surface area (Å²) in [6.45, 7) is 5.99. The third kappa shape index (κ3) is 5.52. The number of methoxy groups -OCH3 is 1. The number of aliphatic hydroxyl groups excluding tert-OH is 1. The summed E-state index contributed by atoms with van der Waals surface area (Å²) >= 11 is 0. The minimum atomic E-state index is -1.25. The van der Waals surface area contributed by atoms with Crippen molar-refractivity contribution < 1.29 is 19.7 Å². The minimum absolute atomic E-state index is 0.0109. The molecule has 2 saturated heterocycles. The SMILES string of the molecule is COCCN1CCN(C[C@]2(O)CN(C(=O)CCc3ccccc3)C[C@H]2O)CC1. The second kappa shape index (κ2) is 9.80. The van der Waals surface area contributed by atoms with E-state index in [-0.39, 0.29) is 19.0 Å². The molecule has 2 heterocycles. The first-order valence-electron chi connectivity index (χ1n) is 10.2. The van der Waals surface area contributed by atoms with Crippen LogP contribution in [0.3, 0.4) is 0 Å². The highest BCUT2D eigenvalue weighted by molar-refractivity contribution is 5.77. The van der Waals surface area contributed by atoms with Gasteiger partial charge in [0.1, 0.15) is 11.7 Å². The first-order valence-corrected chi connectivity index (χ1v) is 10.2. The van der Waals surface area contributed by atoms with Crippen LogP contribution in [0.25, 0.3) is 0 Å². The van der Waals surface area contributed by atoms with Crippen molar-refractivity contribution in [2.24, 2.45) is 0 Å². The molecular weight excluding hydrogens is 358 g/mol. The molecule has 0 aromatic heterocycles. The fourth-order valence-electron chi connectivity index (χ4n) is 4.06. The number of β-amino-alcohol motifs (C(OH)–C–C–N with tert-alkyl or cyclic N) is 2. The lowest BCUT2D eigenvalue weighted by atomic mass is 9.99. The van der Waals surface area contributed by atoms with Crippen LogP contribution in [0.4, 0.5) is 0 Å². The first kappa shape index (κ1) is 21.2. The highest BCUT2D eigenvalue weighted by atomic mass is 16.5. The van der Waals surface area contributed by atoms with Gasteiger partial charge in [-0.05, 0) is 12.0 Å². The number of piperazine rings is 1. The van der Waals surface area contributed by atoms with E-state index in [0.717, 1.165) is 44.9 Å². The first-order chi connectivity index (χ1) is 13.5. The molecular formula is C21H33N3O4. The van der Waals surface area contributed by atoms with Crippen LogP contribution in [0.15, 0.2) is 30.3 Å². The van der Waals surface area contributed by atoms with Gasteiger partial charge in [0.2, 0.25) is 5.91 Å². The van der Waals surface area contributed by atoms with E-state index in [1.807, 2.05) is 30.3 Å². The third-order valence-corrected chi connectivity index (χ3v) is 5.88. The molecule has 2 aliphatic heterocycles. The van der Waals surface area contributed by atoms with E-state index in [0.29, 0.717) is 19.4 Å². The molecule has 2 fully saturated rings. The number of carbonyl (C=O) groups excluding carboxylic acids is 1. The predicted octanol–water partition coefficient (Wildman–Crippen LogP) is -0.183. The molecule has 7 nitrogen and oxygen atoms in total. The van der Waals surface area contributed by atoms with E-state index in [1.54, 1.807) is 12.0 Å². The van der Waals surface area contributed by atoms with Gasteiger partial charge in [-0.15, -0.1) is 0 Å². The molecule has 28 heavy (non-hydrogen) atoms. The lowest BCUT2D eigenvalue weighted by molar-refractivity contribution is -0.131. The Bertz CT molecular complexity index is 621. The molecule has 7 heteroatoms. The van der Waals surface area contributed by atoms with Crippen molar-refractivity contribution in [2.75, 3.05) is 66.1 Å². The fourth-order valence-corrected chi connectivity index (χ4v) is 4.06. The number of amides is 1. The Kier molecular flexibility index (Phi) is 7.42. The van der Waals surface area contributed by atoms with Crippen LogP contribution in [0.5, 0.6) is 0 Å². The zero-order valence-corrected chi connectivity index (χ0v) is 16.8. The number of carbonyl (C=O) groups is 1. The molecule has 2 aliphatic rings. The number of hydrogen-bond acceptors (Lipinski definition) is 6. The van der Waals surface area contributed by atoms with Crippen molar-refractivity contribution in [1.29, 1.82) is 0 Å². The van der Waals surface area contributed by atoms with Gasteiger partial charge in [0, 0.05) is 59.3 Å². The summed E-state index contributed by atoms with van der Waals surface area (Å²) in [6, 6.07) is 9.91. The van der Waals surface area contributed by atoms with Gasteiger partial charge >= 0.3 is 0 Å². The maximum absolute atomic E-state index is 12.6. The predicted molar refractivity (Wildman–Crippen MR) is 107 cm³/mol. The lowest BCUT2D eigenvalue weighted by Gasteiger charge is -2.38. The number of benzene rings is 1. The molecule has 0 bridgehead atoms. The third-order valence-electron chi connectivity index (χ3n) is 5.88. The standard InChI is InChI=1S/C21H33N3O4/c1-28-14-13-22-9-11-23(12-10-22)16-21(27)17-24(15-19(21)25)20(26)8-7-18-5-3-2-4-6-18/h2-6,19,25,27H,7-17H2,1H3/t19-,21+/m1/s1. The average Bonchev–Trinajstić information content (AvgIpc) is 3.01. The Hall–Kier alpha value is -1.51. The Balaban J connectivity index is 1.46. The van der Waals surface area contributed by atoms with Crippen molar-refractivity contribution in [3.8, 4) is 0 Å². The number of rotatable bonds is 8. The van der Waals surface area contributed by atoms with Crippen LogP contribution < -0.4 is 0 Å². The number of hydrogen-bond donors (Lipinski definition) is 2. The van der Waals surface area contributed by atoms with E-state index < -0.39 is 11.7 Å². The number of aliphatic hydroxyl groups is 2. The molecule has 156 valence electrons. The maximum atomic E-state index is 12.6. The van der Waals surface area contributed by atoms with E-state index in [2.05, 4.69) is 9.80 Å². The van der Waals surface area contributed by atoms with Gasteiger partial charge in [-0.3, -0.25) is 14.6 Å². The highest BCUT2D eigenvalue weighted by Gasteiger charge is 2.47. The summed E-state index contributed by atoms with van der Waals surface area (Å²) < 4.78 is 5.13. The van der Waals surface area contributed by atoms with Gasteiger partial charge in [-0.2, -0.15) is 0 Å². The van der Waals surface area contributed by atoms with Crippen LogP contribution in [0, 0.1) is 0 Å². The zero-order valence-electron chi connectivity index (χ0n) is 16.8. The van der Waals surface area contributed by atoms with E-state index in [9.17, 15) is 15.0 Å². The molecule has 0 radical (unpaired) electrons. The van der Waals surface area contributed by atoms with E-state index >= 15 is 0 Å². The second-order valence-corrected chi connectivity index (χ2v) is 7.99. The molecule has 0 spiro atoms. The summed E-state index contributed by atoms with van der Waals surface area (Å²) in [4.78, 5) is 18.7. The molecule has 0 aliphatic carbocycles. The Morgan fingerprint density at radius 2 is 1.86 bits per heavy atom. The van der Waals surface area contributed by atoms with Crippen LogP contribution in [0.1, 0.15) is 12.0 Å². The smallest absolute Gasteiger partial charge is 0.223 e. The summed E-state index contributed by atoms with van der Waals surface area (Å²) in [5, 5.41) is 21.5. The minimum Gasteiger partial charge on any atom is -0.388 e. The molecule has 2 N–H and O–H groups in total. The molecule has 1 amide bonds. The summed E-state index contributed by atoms with van der Waals surface area (Å²) in [5.41, 5.74) is -0.130. The fraction of sp³-hybridized carbons (Fsp3) is 0.667. The van der Waals surface area contributed by atoms with Gasteiger partial charge in [-0.25, -0.2) is 0 Å². The topological polar surface area (TPSA) is 76.5 Å². The Morgan fingerprint density at radius 1 is 1.18 bits per heavy atom. The molecule has 1 aromatic rings. The molecule has 0 saturated carbocycles. The van der Waals surface area contributed by atoms with E-state index in [4.69, 9.17) is 4.74 Å². The van der Waals surface area contributed by atoms with Gasteiger partial charge < -0.3 is 19.8 Å². The summed E-state index contributed by atoms with van der Waals surface area (Å²) in [6.07, 6.45) is 0.166. The average molecular weight is 392 g/mol. The summed E-state index contributed by atoms with van der Waals surface area (Å²) in [7, 11) is 1.71. The quantitative estimate of drug-likeness (QED) is 0.640. The number of nitrogens with zero attached hydrogens (tertiary/aromatic N) is 3. The van der Waals surface area contributed by atoms with Gasteiger partial charge in [-0.1, -0.05) is 30.3 Å². The summed E-state index contributed by atoms with van der Waals surface area (Å²) in [5.74, 6) is -0.0109. The molecule has 2 atom stereocenters. The van der Waals surface area contributed by atoms with Crippen molar-refractivity contribution in [1.82, 2.24) is 14.7 Å². The lowest BCUT2D eigenvalue weighted by Crippen LogP contribution is -2.56. The number of aryl methyl sites for hydroxylation is 1. The Morgan fingerprint density at radius 3 is 2.54 bits per heavy atom. The normalized spacial score (nSPS) is 26.7. The highest BCUT2D eigenvalue weighted by Crippen LogP contribution is 2.25. The number of ether oxygens (including phenoxy) is 1. The molecule has 1 aromatic carbocycles. The van der Waals surface area contributed by atoms with Crippen molar-refractivity contribution in [3.63, 3.8) is 0 Å². The Labute approximate surface area is 167 Å². The molecule has 3 rings (SSSR count). The van der Waals surface area contributed by atoms with Crippen LogP contribution in [-0.4, -0.2) is 109 Å². The van der Waals surface area contributed by atoms with E-state index in [1.165, 1.54) is 0 Å².